The molecular formula is C21H24N4O2. The summed E-state index contributed by atoms with van der Waals surface area (Å²) in [6.07, 6.45) is 3.27. The highest BCUT2D eigenvalue weighted by Crippen LogP contribution is 2.43. The summed E-state index contributed by atoms with van der Waals surface area (Å²) in [4.78, 5) is 12.4. The molecule has 27 heavy (non-hydrogen) atoms. The van der Waals surface area contributed by atoms with Crippen molar-refractivity contribution in [3.05, 3.63) is 69.1 Å². The number of benzene rings is 2. The van der Waals surface area contributed by atoms with E-state index in [0.717, 1.165) is 23.4 Å². The molecule has 3 aromatic rings. The van der Waals surface area contributed by atoms with Crippen molar-refractivity contribution in [3.8, 4) is 11.4 Å². The third kappa shape index (κ3) is 3.39. The van der Waals surface area contributed by atoms with Crippen LogP contribution in [0, 0.1) is 6.92 Å². The second-order valence-electron chi connectivity index (χ2n) is 7.17. The molecule has 0 bridgehead atoms. The average Bonchev–Trinajstić information content (AvgIpc) is 3.47. The minimum atomic E-state index is -0.256. The van der Waals surface area contributed by atoms with Gasteiger partial charge in [-0.25, -0.2) is 4.79 Å². The van der Waals surface area contributed by atoms with Crippen molar-refractivity contribution in [3.63, 3.8) is 0 Å². The van der Waals surface area contributed by atoms with Gasteiger partial charge in [-0.3, -0.25) is 0 Å². The Bertz CT molecular complexity index is 1030. The topological polar surface area (TPSA) is 61.9 Å². The van der Waals surface area contributed by atoms with Gasteiger partial charge in [-0.1, -0.05) is 36.8 Å². The van der Waals surface area contributed by atoms with E-state index in [1.54, 1.807) is 7.05 Å². The van der Waals surface area contributed by atoms with Crippen LogP contribution in [0.4, 0.5) is 0 Å². The summed E-state index contributed by atoms with van der Waals surface area (Å²) in [7, 11) is 1.60. The lowest BCUT2D eigenvalue weighted by Crippen LogP contribution is -2.23. The first-order valence-corrected chi connectivity index (χ1v) is 9.42. The zero-order valence-corrected chi connectivity index (χ0v) is 16.0. The zero-order valence-electron chi connectivity index (χ0n) is 16.0. The molecule has 0 radical (unpaired) electrons. The summed E-state index contributed by atoms with van der Waals surface area (Å²) in [6.45, 7) is 4.62. The third-order valence-corrected chi connectivity index (χ3v) is 5.12. The minimum absolute atomic E-state index is 0.256. The molecule has 6 heteroatoms. The largest absolute Gasteiger partial charge is 0.489 e. The second kappa shape index (κ2) is 7.02. The number of aryl methyl sites for hydroxylation is 3. The van der Waals surface area contributed by atoms with E-state index in [1.807, 2.05) is 18.2 Å². The number of aromatic nitrogens is 4. The third-order valence-electron chi connectivity index (χ3n) is 5.12. The maximum Gasteiger partial charge on any atom is 0.368 e. The lowest BCUT2D eigenvalue weighted by Gasteiger charge is -2.16. The number of hydrogen-bond acceptors (Lipinski definition) is 4. The van der Waals surface area contributed by atoms with E-state index in [0.29, 0.717) is 12.5 Å². The Morgan fingerprint density at radius 2 is 2.00 bits per heavy atom. The Kier molecular flexibility index (Phi) is 4.56. The number of hydrogen-bond donors (Lipinski definition) is 0. The summed E-state index contributed by atoms with van der Waals surface area (Å²) < 4.78 is 8.83. The van der Waals surface area contributed by atoms with Crippen molar-refractivity contribution < 1.29 is 4.74 Å². The van der Waals surface area contributed by atoms with Crippen molar-refractivity contribution >= 4 is 0 Å². The molecule has 6 nitrogen and oxygen atoms in total. The number of ether oxygens (including phenoxy) is 1. The highest BCUT2D eigenvalue weighted by atomic mass is 16.5. The normalized spacial score (nSPS) is 13.7. The van der Waals surface area contributed by atoms with Crippen LogP contribution < -0.4 is 10.4 Å². The van der Waals surface area contributed by atoms with Crippen LogP contribution in [-0.2, 0) is 20.1 Å². The first-order valence-electron chi connectivity index (χ1n) is 9.42. The molecule has 0 atom stereocenters. The fraction of sp³-hybridized carbons (Fsp3) is 0.381. The van der Waals surface area contributed by atoms with Crippen LogP contribution >= 0.6 is 0 Å². The Balaban J connectivity index is 1.73. The van der Waals surface area contributed by atoms with Gasteiger partial charge in [0, 0.05) is 12.6 Å². The summed E-state index contributed by atoms with van der Waals surface area (Å²) in [5.41, 5.74) is 5.18. The molecule has 1 aliphatic carbocycles. The predicted molar refractivity (Wildman–Crippen MR) is 103 cm³/mol. The van der Waals surface area contributed by atoms with Crippen molar-refractivity contribution in [2.24, 2.45) is 7.05 Å². The molecule has 1 heterocycles. The number of tetrazole rings is 1. The van der Waals surface area contributed by atoms with Crippen molar-refractivity contribution in [2.45, 2.75) is 45.6 Å². The molecule has 140 valence electrons. The van der Waals surface area contributed by atoms with E-state index in [-0.39, 0.29) is 5.69 Å². The van der Waals surface area contributed by atoms with Gasteiger partial charge in [0.05, 0.1) is 5.69 Å². The van der Waals surface area contributed by atoms with Crippen LogP contribution in [0.3, 0.4) is 0 Å². The van der Waals surface area contributed by atoms with E-state index in [2.05, 4.69) is 42.5 Å². The van der Waals surface area contributed by atoms with Crippen LogP contribution in [-0.4, -0.2) is 19.8 Å². The van der Waals surface area contributed by atoms with E-state index in [9.17, 15) is 4.79 Å². The van der Waals surface area contributed by atoms with Crippen LogP contribution in [0.25, 0.3) is 5.69 Å². The van der Waals surface area contributed by atoms with Gasteiger partial charge >= 0.3 is 5.69 Å². The Hall–Kier alpha value is -2.89. The SMILES string of the molecule is CCc1cc(C)ccc1OCc1c(C2CC2)cccc1-n1nnn(C)c1=O. The fourth-order valence-corrected chi connectivity index (χ4v) is 3.46. The van der Waals surface area contributed by atoms with Gasteiger partial charge in [0.1, 0.15) is 12.4 Å². The van der Waals surface area contributed by atoms with Gasteiger partial charge < -0.3 is 4.74 Å². The molecule has 0 unspecified atom stereocenters. The first-order chi connectivity index (χ1) is 13.1. The van der Waals surface area contributed by atoms with Crippen molar-refractivity contribution in [2.75, 3.05) is 0 Å². The summed E-state index contributed by atoms with van der Waals surface area (Å²) in [6, 6.07) is 12.3. The molecule has 0 saturated heterocycles. The van der Waals surface area contributed by atoms with E-state index in [4.69, 9.17) is 4.74 Å². The lowest BCUT2D eigenvalue weighted by atomic mass is 10.0. The zero-order chi connectivity index (χ0) is 19.0. The van der Waals surface area contributed by atoms with Crippen LogP contribution in [0.1, 0.15) is 47.9 Å². The second-order valence-corrected chi connectivity index (χ2v) is 7.17. The van der Waals surface area contributed by atoms with Crippen molar-refractivity contribution in [1.82, 2.24) is 19.8 Å². The van der Waals surface area contributed by atoms with Crippen molar-refractivity contribution in [1.29, 1.82) is 0 Å². The van der Waals surface area contributed by atoms with Gasteiger partial charge in [-0.2, -0.15) is 9.36 Å². The number of nitrogens with zero attached hydrogens (tertiary/aromatic N) is 4. The van der Waals surface area contributed by atoms with Gasteiger partial charge in [0.15, 0.2) is 0 Å². The quantitative estimate of drug-likeness (QED) is 0.673. The monoisotopic (exact) mass is 364 g/mol. The molecular weight excluding hydrogens is 340 g/mol. The lowest BCUT2D eigenvalue weighted by molar-refractivity contribution is 0.301. The summed E-state index contributed by atoms with van der Waals surface area (Å²) in [5, 5.41) is 7.88. The fourth-order valence-electron chi connectivity index (χ4n) is 3.46. The average molecular weight is 364 g/mol. The highest BCUT2D eigenvalue weighted by molar-refractivity contribution is 5.48. The Morgan fingerprint density at radius 3 is 2.67 bits per heavy atom. The standard InChI is InChI=1S/C21H24N4O2/c1-4-15-12-14(2)8-11-20(15)27-13-18-17(16-9-10-16)6-5-7-19(18)25-21(26)24(3)22-23-25/h5-8,11-12,16H,4,9-10,13H2,1-3H3. The smallest absolute Gasteiger partial charge is 0.368 e. The Labute approximate surface area is 158 Å². The molecule has 1 aliphatic rings. The molecule has 1 aromatic heterocycles. The highest BCUT2D eigenvalue weighted by Gasteiger charge is 2.28. The van der Waals surface area contributed by atoms with E-state index >= 15 is 0 Å². The van der Waals surface area contributed by atoms with Crippen LogP contribution in [0.2, 0.25) is 0 Å². The summed E-state index contributed by atoms with van der Waals surface area (Å²) >= 11 is 0. The molecule has 1 saturated carbocycles. The number of rotatable bonds is 6. The van der Waals surface area contributed by atoms with Gasteiger partial charge in [-0.05, 0) is 65.8 Å². The van der Waals surface area contributed by atoms with E-state index in [1.165, 1.54) is 38.9 Å². The minimum Gasteiger partial charge on any atom is -0.489 e. The molecule has 4 rings (SSSR count). The molecule has 0 spiro atoms. The maximum atomic E-state index is 12.4. The molecule has 0 amide bonds. The van der Waals surface area contributed by atoms with Gasteiger partial charge in [0.25, 0.3) is 0 Å². The van der Waals surface area contributed by atoms with Crippen LogP contribution in [0.15, 0.2) is 41.2 Å². The van der Waals surface area contributed by atoms with Gasteiger partial charge in [0.2, 0.25) is 0 Å². The maximum absolute atomic E-state index is 12.4. The molecule has 0 aliphatic heterocycles. The van der Waals surface area contributed by atoms with Crippen LogP contribution in [0.5, 0.6) is 5.75 Å². The first kappa shape index (κ1) is 17.5. The molecule has 1 fully saturated rings. The van der Waals surface area contributed by atoms with E-state index < -0.39 is 0 Å². The summed E-state index contributed by atoms with van der Waals surface area (Å²) in [5.74, 6) is 1.44. The Morgan fingerprint density at radius 1 is 1.19 bits per heavy atom. The molecule has 2 aromatic carbocycles. The van der Waals surface area contributed by atoms with Gasteiger partial charge in [-0.15, -0.1) is 0 Å². The molecule has 0 N–H and O–H groups in total. The predicted octanol–water partition coefficient (Wildman–Crippen LogP) is 3.29.